The lowest BCUT2D eigenvalue weighted by atomic mass is 9.84. The molecule has 2 rings (SSSR count). The van der Waals surface area contributed by atoms with Crippen LogP contribution in [0.3, 0.4) is 0 Å². The normalized spacial score (nSPS) is 13.7. The van der Waals surface area contributed by atoms with E-state index in [0.717, 1.165) is 12.0 Å². The van der Waals surface area contributed by atoms with Crippen molar-refractivity contribution in [2.75, 3.05) is 7.05 Å². The van der Waals surface area contributed by atoms with E-state index in [1.807, 2.05) is 37.4 Å². The van der Waals surface area contributed by atoms with Crippen molar-refractivity contribution in [3.63, 3.8) is 0 Å². The summed E-state index contributed by atoms with van der Waals surface area (Å²) in [5.74, 6) is 0.981. The number of amides is 1. The van der Waals surface area contributed by atoms with Crippen LogP contribution in [0.2, 0.25) is 0 Å². The minimum Gasteiger partial charge on any atom is -0.338 e. The number of carbonyl (C=O) groups excluding carboxylic acids is 1. The monoisotopic (exact) mass is 286 g/mol. The Morgan fingerprint density at radius 3 is 2.62 bits per heavy atom. The zero-order chi connectivity index (χ0) is 15.2. The third-order valence-corrected chi connectivity index (χ3v) is 3.87. The molecule has 5 heteroatoms. The second kappa shape index (κ2) is 7.02. The molecule has 1 aromatic heterocycles. The zero-order valence-electron chi connectivity index (χ0n) is 12.8. The Hall–Kier alpha value is -2.17. The first-order valence-electron chi connectivity index (χ1n) is 7.27. The summed E-state index contributed by atoms with van der Waals surface area (Å²) in [5.41, 5.74) is 1.07. The van der Waals surface area contributed by atoms with Crippen LogP contribution in [0.15, 0.2) is 36.7 Å². The predicted molar refractivity (Wildman–Crippen MR) is 81.5 cm³/mol. The van der Waals surface area contributed by atoms with Gasteiger partial charge in [0.25, 0.3) is 0 Å². The summed E-state index contributed by atoms with van der Waals surface area (Å²) in [4.78, 5) is 18.6. The molecule has 2 unspecified atom stereocenters. The zero-order valence-corrected chi connectivity index (χ0v) is 12.8. The van der Waals surface area contributed by atoms with Crippen LogP contribution in [0.4, 0.5) is 0 Å². The van der Waals surface area contributed by atoms with Gasteiger partial charge in [-0.1, -0.05) is 50.6 Å². The van der Waals surface area contributed by atoms with Crippen molar-refractivity contribution in [3.8, 4) is 0 Å². The molecule has 0 spiro atoms. The number of rotatable bonds is 6. The third-order valence-electron chi connectivity index (χ3n) is 3.87. The Bertz CT molecular complexity index is 553. The lowest BCUT2D eigenvalue weighted by molar-refractivity contribution is -0.133. The quantitative estimate of drug-likeness (QED) is 0.888. The number of hydrogen-bond acceptors (Lipinski definition) is 3. The van der Waals surface area contributed by atoms with Crippen molar-refractivity contribution < 1.29 is 4.79 Å². The van der Waals surface area contributed by atoms with E-state index in [0.29, 0.717) is 12.4 Å². The second-order valence-electron chi connectivity index (χ2n) is 5.40. The largest absolute Gasteiger partial charge is 0.338 e. The van der Waals surface area contributed by atoms with E-state index >= 15 is 0 Å². The highest BCUT2D eigenvalue weighted by Gasteiger charge is 2.28. The molecular weight excluding hydrogens is 264 g/mol. The van der Waals surface area contributed by atoms with Gasteiger partial charge in [0.2, 0.25) is 5.91 Å². The minimum absolute atomic E-state index is 0.118. The number of likely N-dealkylation sites (N-methyl/N-ethyl adjacent to an activating group) is 1. The van der Waals surface area contributed by atoms with Crippen molar-refractivity contribution >= 4 is 5.91 Å². The SMILES string of the molecule is CCC(C)C(C(=O)N(C)Cc1ncn[nH]1)c1ccccc1. The summed E-state index contributed by atoms with van der Waals surface area (Å²) in [6.45, 7) is 4.68. The van der Waals surface area contributed by atoms with Crippen LogP contribution in [0.25, 0.3) is 0 Å². The van der Waals surface area contributed by atoms with Crippen molar-refractivity contribution in [1.29, 1.82) is 0 Å². The Labute approximate surface area is 125 Å². The fraction of sp³-hybridized carbons (Fsp3) is 0.438. The number of nitrogens with one attached hydrogen (secondary N) is 1. The molecule has 21 heavy (non-hydrogen) atoms. The Balaban J connectivity index is 2.18. The van der Waals surface area contributed by atoms with Gasteiger partial charge in [-0.2, -0.15) is 5.10 Å². The highest BCUT2D eigenvalue weighted by atomic mass is 16.2. The topological polar surface area (TPSA) is 61.9 Å². The van der Waals surface area contributed by atoms with E-state index in [9.17, 15) is 4.79 Å². The molecule has 0 saturated heterocycles. The van der Waals surface area contributed by atoms with Gasteiger partial charge in [-0.3, -0.25) is 9.89 Å². The fourth-order valence-electron chi connectivity index (χ4n) is 2.46. The van der Waals surface area contributed by atoms with E-state index in [4.69, 9.17) is 0 Å². The van der Waals surface area contributed by atoms with Gasteiger partial charge < -0.3 is 4.90 Å². The Morgan fingerprint density at radius 2 is 2.05 bits per heavy atom. The van der Waals surface area contributed by atoms with Crippen LogP contribution in [0.1, 0.15) is 37.6 Å². The maximum Gasteiger partial charge on any atom is 0.230 e. The molecule has 0 fully saturated rings. The van der Waals surface area contributed by atoms with Crippen LogP contribution in [-0.2, 0) is 11.3 Å². The van der Waals surface area contributed by atoms with Gasteiger partial charge in [-0.05, 0) is 11.5 Å². The molecule has 112 valence electrons. The number of hydrogen-bond donors (Lipinski definition) is 1. The van der Waals surface area contributed by atoms with Crippen LogP contribution in [0, 0.1) is 5.92 Å². The number of nitrogens with zero attached hydrogens (tertiary/aromatic N) is 3. The van der Waals surface area contributed by atoms with Gasteiger partial charge >= 0.3 is 0 Å². The molecule has 5 nitrogen and oxygen atoms in total. The first kappa shape index (κ1) is 15.2. The number of benzene rings is 1. The molecule has 0 aliphatic rings. The van der Waals surface area contributed by atoms with E-state index in [1.54, 1.807) is 4.90 Å². The van der Waals surface area contributed by atoms with Gasteiger partial charge in [0.1, 0.15) is 12.2 Å². The summed E-state index contributed by atoms with van der Waals surface area (Å²) >= 11 is 0. The molecule has 0 radical (unpaired) electrons. The highest BCUT2D eigenvalue weighted by Crippen LogP contribution is 2.29. The molecular formula is C16H22N4O. The van der Waals surface area contributed by atoms with Crippen LogP contribution in [0.5, 0.6) is 0 Å². The average Bonchev–Trinajstić information content (AvgIpc) is 3.01. The van der Waals surface area contributed by atoms with Gasteiger partial charge in [0.15, 0.2) is 0 Å². The van der Waals surface area contributed by atoms with Crippen LogP contribution in [-0.4, -0.2) is 33.0 Å². The molecule has 0 aliphatic heterocycles. The summed E-state index contributed by atoms with van der Waals surface area (Å²) in [6.07, 6.45) is 2.42. The molecule has 2 aromatic rings. The lowest BCUT2D eigenvalue weighted by Crippen LogP contribution is -2.34. The number of aromatic nitrogens is 3. The molecule has 0 bridgehead atoms. The molecule has 1 amide bonds. The van der Waals surface area contributed by atoms with E-state index in [2.05, 4.69) is 29.0 Å². The van der Waals surface area contributed by atoms with E-state index in [1.165, 1.54) is 6.33 Å². The Morgan fingerprint density at radius 1 is 1.33 bits per heavy atom. The van der Waals surface area contributed by atoms with Gasteiger partial charge in [-0.25, -0.2) is 4.98 Å². The first-order valence-corrected chi connectivity index (χ1v) is 7.27. The van der Waals surface area contributed by atoms with Gasteiger partial charge in [0.05, 0.1) is 12.5 Å². The molecule has 0 aliphatic carbocycles. The lowest BCUT2D eigenvalue weighted by Gasteiger charge is -2.27. The smallest absolute Gasteiger partial charge is 0.230 e. The predicted octanol–water partition coefficient (Wildman–Crippen LogP) is 2.59. The van der Waals surface area contributed by atoms with E-state index < -0.39 is 0 Å². The minimum atomic E-state index is -0.121. The summed E-state index contributed by atoms with van der Waals surface area (Å²) in [6, 6.07) is 9.98. The average molecular weight is 286 g/mol. The van der Waals surface area contributed by atoms with Crippen molar-refractivity contribution in [3.05, 3.63) is 48.0 Å². The molecule has 2 atom stereocenters. The summed E-state index contributed by atoms with van der Waals surface area (Å²) in [5, 5.41) is 6.60. The summed E-state index contributed by atoms with van der Waals surface area (Å²) in [7, 11) is 1.81. The summed E-state index contributed by atoms with van der Waals surface area (Å²) < 4.78 is 0. The number of carbonyl (C=O) groups is 1. The molecule has 1 heterocycles. The van der Waals surface area contributed by atoms with Gasteiger partial charge in [-0.15, -0.1) is 0 Å². The third kappa shape index (κ3) is 3.68. The van der Waals surface area contributed by atoms with Crippen molar-refractivity contribution in [2.24, 2.45) is 5.92 Å². The number of H-pyrrole nitrogens is 1. The fourth-order valence-corrected chi connectivity index (χ4v) is 2.46. The molecule has 0 saturated carbocycles. The van der Waals surface area contributed by atoms with E-state index in [-0.39, 0.29) is 17.7 Å². The number of aromatic amines is 1. The van der Waals surface area contributed by atoms with Crippen LogP contribution >= 0.6 is 0 Å². The maximum atomic E-state index is 12.8. The van der Waals surface area contributed by atoms with Gasteiger partial charge in [0, 0.05) is 7.05 Å². The first-order chi connectivity index (χ1) is 10.1. The standard InChI is InChI=1S/C16H22N4O/c1-4-12(2)15(13-8-6-5-7-9-13)16(21)20(3)10-14-17-11-18-19-14/h5-9,11-12,15H,4,10H2,1-3H3,(H,17,18,19). The van der Waals surface area contributed by atoms with Crippen LogP contribution < -0.4 is 0 Å². The van der Waals surface area contributed by atoms with Crippen molar-refractivity contribution in [1.82, 2.24) is 20.1 Å². The Kier molecular flexibility index (Phi) is 5.09. The molecule has 1 aromatic carbocycles. The maximum absolute atomic E-state index is 12.8. The molecule has 1 N–H and O–H groups in total. The van der Waals surface area contributed by atoms with Crippen molar-refractivity contribution in [2.45, 2.75) is 32.7 Å². The highest BCUT2D eigenvalue weighted by molar-refractivity contribution is 5.83. The second-order valence-corrected chi connectivity index (χ2v) is 5.40.